The summed E-state index contributed by atoms with van der Waals surface area (Å²) in [6.45, 7) is 4.10. The van der Waals surface area contributed by atoms with Gasteiger partial charge in [0.1, 0.15) is 0 Å². The zero-order valence-corrected chi connectivity index (χ0v) is 17.7. The summed E-state index contributed by atoms with van der Waals surface area (Å²) in [7, 11) is 3.72. The van der Waals surface area contributed by atoms with Gasteiger partial charge < -0.3 is 4.90 Å². The Morgan fingerprint density at radius 3 is 2.73 bits per heavy atom. The fraction of sp³-hybridized carbons (Fsp3) is 0.250. The molecular weight excluding hydrogens is 374 g/mol. The number of aromatic nitrogens is 4. The Kier molecular flexibility index (Phi) is 5.31. The van der Waals surface area contributed by atoms with E-state index >= 15 is 0 Å². The number of carbonyl (C=O) groups is 1. The number of rotatable bonds is 5. The van der Waals surface area contributed by atoms with E-state index in [1.54, 1.807) is 15.8 Å². The van der Waals surface area contributed by atoms with Crippen molar-refractivity contribution in [1.82, 2.24) is 24.6 Å². The first kappa shape index (κ1) is 19.8. The molecule has 0 radical (unpaired) electrons. The molecule has 0 saturated carbocycles. The number of aryl methyl sites for hydroxylation is 2. The molecule has 0 spiro atoms. The molecule has 4 rings (SSSR count). The molecule has 30 heavy (non-hydrogen) atoms. The summed E-state index contributed by atoms with van der Waals surface area (Å²) in [5, 5.41) is 5.09. The summed E-state index contributed by atoms with van der Waals surface area (Å²) in [5.41, 5.74) is 5.22. The maximum Gasteiger partial charge on any atom is 0.254 e. The minimum atomic E-state index is -0.0288. The fourth-order valence-electron chi connectivity index (χ4n) is 3.59. The van der Waals surface area contributed by atoms with Crippen LogP contribution in [0.5, 0.6) is 0 Å². The molecule has 0 aliphatic rings. The number of carbonyl (C=O) groups excluding carboxylic acids is 1. The van der Waals surface area contributed by atoms with Crippen molar-refractivity contribution in [2.75, 3.05) is 7.05 Å². The van der Waals surface area contributed by atoms with Crippen molar-refractivity contribution >= 4 is 16.8 Å². The number of fused-ring (bicyclic) bond motifs is 1. The summed E-state index contributed by atoms with van der Waals surface area (Å²) < 4.78 is 1.73. The summed E-state index contributed by atoms with van der Waals surface area (Å²) in [6.07, 6.45) is 6.18. The molecule has 4 aromatic rings. The number of para-hydroxylation sites is 1. The highest BCUT2D eigenvalue weighted by molar-refractivity contribution is 6.07. The summed E-state index contributed by atoms with van der Waals surface area (Å²) in [5.74, 6) is -0.0288. The second kappa shape index (κ2) is 8.06. The van der Waals surface area contributed by atoms with Gasteiger partial charge in [-0.1, -0.05) is 18.2 Å². The van der Waals surface area contributed by atoms with Crippen molar-refractivity contribution in [1.29, 1.82) is 0 Å². The predicted molar refractivity (Wildman–Crippen MR) is 118 cm³/mol. The van der Waals surface area contributed by atoms with Crippen LogP contribution in [0, 0.1) is 6.92 Å². The third-order valence-electron chi connectivity index (χ3n) is 5.41. The van der Waals surface area contributed by atoms with E-state index in [-0.39, 0.29) is 11.9 Å². The van der Waals surface area contributed by atoms with Gasteiger partial charge in [-0.2, -0.15) is 5.10 Å². The minimum absolute atomic E-state index is 0.000527. The van der Waals surface area contributed by atoms with Crippen molar-refractivity contribution in [2.45, 2.75) is 26.3 Å². The molecule has 0 N–H and O–H groups in total. The molecule has 6 heteroatoms. The van der Waals surface area contributed by atoms with Crippen molar-refractivity contribution in [2.24, 2.45) is 7.05 Å². The summed E-state index contributed by atoms with van der Waals surface area (Å²) in [4.78, 5) is 24.5. The lowest BCUT2D eigenvalue weighted by atomic mass is 10.0. The van der Waals surface area contributed by atoms with Gasteiger partial charge in [0, 0.05) is 55.6 Å². The van der Waals surface area contributed by atoms with E-state index in [4.69, 9.17) is 4.98 Å². The standard InChI is InChI=1S/C24H25N5O/c1-16-9-10-25-19(11-16)12-17(2)29(4)24(30)21-13-23(18-14-26-28(3)15-18)27-22-8-6-5-7-20(21)22/h5-11,13-15,17H,12H2,1-4H3/t17-/m1/s1. The first-order valence-corrected chi connectivity index (χ1v) is 10.00. The highest BCUT2D eigenvalue weighted by atomic mass is 16.2. The summed E-state index contributed by atoms with van der Waals surface area (Å²) >= 11 is 0. The summed E-state index contributed by atoms with van der Waals surface area (Å²) in [6, 6.07) is 13.7. The van der Waals surface area contributed by atoms with E-state index in [9.17, 15) is 4.79 Å². The van der Waals surface area contributed by atoms with Gasteiger partial charge in [0.25, 0.3) is 5.91 Å². The van der Waals surface area contributed by atoms with Crippen LogP contribution in [0.1, 0.15) is 28.5 Å². The van der Waals surface area contributed by atoms with E-state index in [0.717, 1.165) is 27.9 Å². The average molecular weight is 399 g/mol. The second-order valence-corrected chi connectivity index (χ2v) is 7.77. The SMILES string of the molecule is Cc1ccnc(C[C@@H](C)N(C)C(=O)c2cc(-c3cnn(C)c3)nc3ccccc23)c1. The predicted octanol–water partition coefficient (Wildman–Crippen LogP) is 4.04. The largest absolute Gasteiger partial charge is 0.339 e. The van der Waals surface area contributed by atoms with Crippen molar-refractivity contribution in [3.63, 3.8) is 0 Å². The van der Waals surface area contributed by atoms with E-state index in [0.29, 0.717) is 12.0 Å². The van der Waals surface area contributed by atoms with Crippen LogP contribution >= 0.6 is 0 Å². The molecule has 0 saturated heterocycles. The molecule has 0 unspecified atom stereocenters. The molecule has 0 aliphatic carbocycles. The molecule has 1 atom stereocenters. The van der Waals surface area contributed by atoms with Gasteiger partial charge >= 0.3 is 0 Å². The maximum absolute atomic E-state index is 13.5. The topological polar surface area (TPSA) is 63.9 Å². The highest BCUT2D eigenvalue weighted by Gasteiger charge is 2.22. The molecule has 3 heterocycles. The molecule has 152 valence electrons. The van der Waals surface area contributed by atoms with Crippen LogP contribution in [0.4, 0.5) is 0 Å². The van der Waals surface area contributed by atoms with Crippen LogP contribution in [-0.2, 0) is 13.5 Å². The molecular formula is C24H25N5O. The third-order valence-corrected chi connectivity index (χ3v) is 5.41. The fourth-order valence-corrected chi connectivity index (χ4v) is 3.59. The number of likely N-dealkylation sites (N-methyl/N-ethyl adjacent to an activating group) is 1. The quantitative estimate of drug-likeness (QED) is 0.508. The smallest absolute Gasteiger partial charge is 0.254 e. The molecule has 0 aliphatic heterocycles. The zero-order valence-electron chi connectivity index (χ0n) is 17.7. The van der Waals surface area contributed by atoms with E-state index in [1.807, 2.05) is 76.7 Å². The lowest BCUT2D eigenvalue weighted by Crippen LogP contribution is -2.36. The van der Waals surface area contributed by atoms with Gasteiger partial charge in [-0.05, 0) is 43.7 Å². The lowest BCUT2D eigenvalue weighted by Gasteiger charge is -2.25. The second-order valence-electron chi connectivity index (χ2n) is 7.77. The number of benzene rings is 1. The Morgan fingerprint density at radius 2 is 2.00 bits per heavy atom. The van der Waals surface area contributed by atoms with Gasteiger partial charge in [-0.3, -0.25) is 14.5 Å². The van der Waals surface area contributed by atoms with Gasteiger partial charge in [0.15, 0.2) is 0 Å². The van der Waals surface area contributed by atoms with Crippen LogP contribution in [-0.4, -0.2) is 43.6 Å². The Morgan fingerprint density at radius 1 is 1.20 bits per heavy atom. The number of pyridine rings is 2. The Labute approximate surface area is 176 Å². The van der Waals surface area contributed by atoms with Crippen LogP contribution in [0.15, 0.2) is 61.1 Å². The Bertz CT molecular complexity index is 1210. The number of hydrogen-bond donors (Lipinski definition) is 0. The lowest BCUT2D eigenvalue weighted by molar-refractivity contribution is 0.0745. The first-order chi connectivity index (χ1) is 14.4. The van der Waals surface area contributed by atoms with Crippen molar-refractivity contribution in [3.05, 3.63) is 77.9 Å². The highest BCUT2D eigenvalue weighted by Crippen LogP contribution is 2.26. The Balaban J connectivity index is 1.69. The van der Waals surface area contributed by atoms with Gasteiger partial charge in [-0.25, -0.2) is 4.98 Å². The Hall–Kier alpha value is -3.54. The first-order valence-electron chi connectivity index (χ1n) is 10.00. The molecule has 3 aromatic heterocycles. The van der Waals surface area contributed by atoms with Crippen LogP contribution in [0.25, 0.3) is 22.2 Å². The monoisotopic (exact) mass is 399 g/mol. The molecule has 1 amide bonds. The van der Waals surface area contributed by atoms with Gasteiger partial charge in [0.2, 0.25) is 0 Å². The molecule has 1 aromatic carbocycles. The normalized spacial score (nSPS) is 12.1. The number of amides is 1. The third kappa shape index (κ3) is 3.94. The maximum atomic E-state index is 13.5. The number of hydrogen-bond acceptors (Lipinski definition) is 4. The van der Waals surface area contributed by atoms with Gasteiger partial charge in [-0.15, -0.1) is 0 Å². The van der Waals surface area contributed by atoms with Crippen LogP contribution in [0.2, 0.25) is 0 Å². The minimum Gasteiger partial charge on any atom is -0.339 e. The molecule has 6 nitrogen and oxygen atoms in total. The molecule has 0 bridgehead atoms. The average Bonchev–Trinajstić information content (AvgIpc) is 3.18. The van der Waals surface area contributed by atoms with E-state index < -0.39 is 0 Å². The van der Waals surface area contributed by atoms with Crippen LogP contribution in [0.3, 0.4) is 0 Å². The van der Waals surface area contributed by atoms with Crippen molar-refractivity contribution < 1.29 is 4.79 Å². The van der Waals surface area contributed by atoms with Crippen LogP contribution < -0.4 is 0 Å². The molecule has 0 fully saturated rings. The number of nitrogens with zero attached hydrogens (tertiary/aromatic N) is 5. The van der Waals surface area contributed by atoms with E-state index in [2.05, 4.69) is 16.1 Å². The zero-order chi connectivity index (χ0) is 21.3. The van der Waals surface area contributed by atoms with Gasteiger partial charge in [0.05, 0.1) is 23.0 Å². The van der Waals surface area contributed by atoms with E-state index in [1.165, 1.54) is 5.56 Å². The van der Waals surface area contributed by atoms with Crippen molar-refractivity contribution in [3.8, 4) is 11.3 Å².